The van der Waals surface area contributed by atoms with E-state index in [2.05, 4.69) is 5.92 Å². The van der Waals surface area contributed by atoms with Crippen LogP contribution in [0.5, 0.6) is 17.2 Å². The van der Waals surface area contributed by atoms with Gasteiger partial charge in [-0.2, -0.15) is 0 Å². The minimum Gasteiger partial charge on any atom is -0.497 e. The summed E-state index contributed by atoms with van der Waals surface area (Å²) in [4.78, 5) is 15.1. The van der Waals surface area contributed by atoms with Gasteiger partial charge in [-0.25, -0.2) is 4.79 Å². The van der Waals surface area contributed by atoms with Crippen LogP contribution in [0.2, 0.25) is 5.02 Å². The number of nitrogens with zero attached hydrogens (tertiary/aromatic N) is 1. The van der Waals surface area contributed by atoms with Crippen LogP contribution in [0, 0.1) is 12.3 Å². The molecule has 0 radical (unpaired) electrons. The van der Waals surface area contributed by atoms with Crippen LogP contribution >= 0.6 is 23.2 Å². The zero-order chi connectivity index (χ0) is 26.2. The summed E-state index contributed by atoms with van der Waals surface area (Å²) in [5.41, 5.74) is 3.46. The summed E-state index contributed by atoms with van der Waals surface area (Å²) in [5, 5.41) is 0.623. The molecule has 1 aliphatic rings. The second-order valence-electron chi connectivity index (χ2n) is 8.40. The molecular formula is C30H27Cl2NO4. The van der Waals surface area contributed by atoms with Gasteiger partial charge in [0.15, 0.2) is 0 Å². The third kappa shape index (κ3) is 6.40. The van der Waals surface area contributed by atoms with Gasteiger partial charge >= 0.3 is 6.09 Å². The molecule has 0 bridgehead atoms. The highest BCUT2D eigenvalue weighted by atomic mass is 35.5. The first kappa shape index (κ1) is 26.5. The molecule has 1 amide bonds. The fourth-order valence-corrected chi connectivity index (χ4v) is 4.60. The molecule has 7 heteroatoms. The van der Waals surface area contributed by atoms with Gasteiger partial charge in [-0.05, 0) is 78.1 Å². The lowest BCUT2D eigenvalue weighted by Crippen LogP contribution is -2.41. The maximum absolute atomic E-state index is 13.4. The molecule has 1 atom stereocenters. The number of hydrogen-bond acceptors (Lipinski definition) is 4. The molecule has 0 aromatic heterocycles. The monoisotopic (exact) mass is 535 g/mol. The normalized spacial score (nSPS) is 15.2. The van der Waals surface area contributed by atoms with Crippen molar-refractivity contribution in [3.8, 4) is 29.6 Å². The van der Waals surface area contributed by atoms with Crippen molar-refractivity contribution in [2.24, 2.45) is 0 Å². The summed E-state index contributed by atoms with van der Waals surface area (Å²) in [7, 11) is 1.58. The largest absolute Gasteiger partial charge is 0.497 e. The van der Waals surface area contributed by atoms with Crippen LogP contribution in [0.1, 0.15) is 30.0 Å². The first-order chi connectivity index (χ1) is 18.0. The lowest BCUT2D eigenvalue weighted by Gasteiger charge is -2.37. The molecule has 1 heterocycles. The molecule has 190 valence electrons. The number of rotatable bonds is 8. The van der Waals surface area contributed by atoms with E-state index < -0.39 is 12.1 Å². The number of carbonyl (C=O) groups excluding carboxylic acids is 1. The minimum atomic E-state index is -0.518. The van der Waals surface area contributed by atoms with E-state index in [0.29, 0.717) is 47.5 Å². The molecular weight excluding hydrogens is 509 g/mol. The summed E-state index contributed by atoms with van der Waals surface area (Å²) < 4.78 is 16.7. The number of alkyl halides is 1. The van der Waals surface area contributed by atoms with E-state index in [9.17, 15) is 4.79 Å². The Labute approximate surface area is 227 Å². The molecule has 0 N–H and O–H groups in total. The Kier molecular flexibility index (Phi) is 9.00. The van der Waals surface area contributed by atoms with Crippen LogP contribution in [0.4, 0.5) is 4.79 Å². The van der Waals surface area contributed by atoms with Crippen LogP contribution in [0.15, 0.2) is 78.4 Å². The lowest BCUT2D eigenvalue weighted by molar-refractivity contribution is 0.138. The number of hydrogen-bond donors (Lipinski definition) is 0. The highest BCUT2D eigenvalue weighted by molar-refractivity contribution is 6.30. The molecule has 0 saturated heterocycles. The molecule has 0 spiro atoms. The maximum atomic E-state index is 13.4. The van der Waals surface area contributed by atoms with Gasteiger partial charge in [0.05, 0.1) is 19.8 Å². The summed E-state index contributed by atoms with van der Waals surface area (Å²) >= 11 is 12.0. The molecule has 4 rings (SSSR count). The van der Waals surface area contributed by atoms with E-state index in [0.717, 1.165) is 28.9 Å². The lowest BCUT2D eigenvalue weighted by atomic mass is 9.85. The predicted octanol–water partition coefficient (Wildman–Crippen LogP) is 7.39. The Bertz CT molecular complexity index is 1300. The molecule has 3 aromatic carbocycles. The van der Waals surface area contributed by atoms with Gasteiger partial charge in [0.1, 0.15) is 17.2 Å². The second-order valence-corrected chi connectivity index (χ2v) is 9.21. The smallest absolute Gasteiger partial charge is 0.416 e. The van der Waals surface area contributed by atoms with E-state index >= 15 is 0 Å². The maximum Gasteiger partial charge on any atom is 0.416 e. The number of carbonyl (C=O) groups is 1. The van der Waals surface area contributed by atoms with Gasteiger partial charge < -0.3 is 14.2 Å². The second kappa shape index (κ2) is 12.6. The summed E-state index contributed by atoms with van der Waals surface area (Å²) in [6, 6.07) is 21.5. The van der Waals surface area contributed by atoms with Crippen molar-refractivity contribution >= 4 is 34.9 Å². The average Bonchev–Trinajstić information content (AvgIpc) is 2.93. The van der Waals surface area contributed by atoms with Crippen molar-refractivity contribution < 1.29 is 19.0 Å². The van der Waals surface area contributed by atoms with Crippen molar-refractivity contribution in [1.29, 1.82) is 0 Å². The zero-order valence-corrected chi connectivity index (χ0v) is 22.0. The molecule has 5 nitrogen and oxygen atoms in total. The van der Waals surface area contributed by atoms with Crippen molar-refractivity contribution in [3.63, 3.8) is 0 Å². The number of ether oxygens (including phenoxy) is 3. The molecule has 1 aliphatic heterocycles. The number of amides is 1. The fraction of sp³-hybridized carbons (Fsp3) is 0.233. The van der Waals surface area contributed by atoms with Crippen LogP contribution in [-0.4, -0.2) is 37.1 Å². The topological polar surface area (TPSA) is 48.0 Å². The summed E-state index contributed by atoms with van der Waals surface area (Å²) in [5.74, 6) is 5.21. The van der Waals surface area contributed by atoms with Crippen molar-refractivity contribution in [1.82, 2.24) is 4.90 Å². The van der Waals surface area contributed by atoms with E-state index in [-0.39, 0.29) is 0 Å². The number of methoxy groups -OCH3 is 1. The number of benzene rings is 3. The van der Waals surface area contributed by atoms with E-state index in [1.807, 2.05) is 48.5 Å². The van der Waals surface area contributed by atoms with Crippen molar-refractivity contribution in [3.05, 3.63) is 94.5 Å². The Morgan fingerprint density at radius 2 is 1.76 bits per heavy atom. The average molecular weight is 536 g/mol. The van der Waals surface area contributed by atoms with E-state index in [4.69, 9.17) is 43.8 Å². The Morgan fingerprint density at radius 1 is 1.05 bits per heavy atom. The summed E-state index contributed by atoms with van der Waals surface area (Å²) in [6.45, 7) is 0.946. The standard InChI is InChI=1S/C30H27Cl2NO4/c1-3-27-28(22-6-4-7-23(32)20-22)16-18-33(30(34)37-26-14-12-24(35-2)13-15-26)29(27)21-8-10-25(11-9-21)36-19-5-17-31/h1,4,6-15,20,29H,5,16-19H2,2H3. The van der Waals surface area contributed by atoms with Gasteiger partial charge in [0.2, 0.25) is 0 Å². The first-order valence-corrected chi connectivity index (χ1v) is 12.8. The van der Waals surface area contributed by atoms with Gasteiger partial charge in [-0.3, -0.25) is 4.90 Å². The van der Waals surface area contributed by atoms with E-state index in [1.54, 1.807) is 36.3 Å². The summed E-state index contributed by atoms with van der Waals surface area (Å²) in [6.07, 6.45) is 6.91. The fourth-order valence-electron chi connectivity index (χ4n) is 4.30. The van der Waals surface area contributed by atoms with Crippen LogP contribution in [-0.2, 0) is 0 Å². The molecule has 1 unspecified atom stereocenters. The first-order valence-electron chi connectivity index (χ1n) is 11.9. The Hall–Kier alpha value is -3.59. The molecule has 0 aliphatic carbocycles. The van der Waals surface area contributed by atoms with Gasteiger partial charge in [-0.1, -0.05) is 41.8 Å². The Morgan fingerprint density at radius 3 is 2.41 bits per heavy atom. The molecule has 37 heavy (non-hydrogen) atoms. The van der Waals surface area contributed by atoms with Crippen LogP contribution < -0.4 is 14.2 Å². The predicted molar refractivity (Wildman–Crippen MR) is 148 cm³/mol. The van der Waals surface area contributed by atoms with Gasteiger partial charge in [0.25, 0.3) is 0 Å². The highest BCUT2D eigenvalue weighted by Gasteiger charge is 2.35. The highest BCUT2D eigenvalue weighted by Crippen LogP contribution is 2.41. The van der Waals surface area contributed by atoms with E-state index in [1.165, 1.54) is 0 Å². The molecule has 0 fully saturated rings. The van der Waals surface area contributed by atoms with Crippen molar-refractivity contribution in [2.45, 2.75) is 18.9 Å². The minimum absolute atomic E-state index is 0.416. The van der Waals surface area contributed by atoms with Crippen LogP contribution in [0.25, 0.3) is 5.57 Å². The Balaban J connectivity index is 1.70. The van der Waals surface area contributed by atoms with Crippen molar-refractivity contribution in [2.75, 3.05) is 26.1 Å². The quantitative estimate of drug-likeness (QED) is 0.171. The molecule has 3 aromatic rings. The van der Waals surface area contributed by atoms with Crippen LogP contribution in [0.3, 0.4) is 0 Å². The number of halogens is 2. The van der Waals surface area contributed by atoms with Gasteiger partial charge in [0, 0.05) is 23.0 Å². The third-order valence-corrected chi connectivity index (χ3v) is 6.59. The number of terminal acetylenes is 1. The zero-order valence-electron chi connectivity index (χ0n) is 20.5. The van der Waals surface area contributed by atoms with Gasteiger partial charge in [-0.15, -0.1) is 18.0 Å². The molecule has 0 saturated carbocycles. The SMILES string of the molecule is C#CC1=C(c2cccc(Cl)c2)CCN(C(=O)Oc2ccc(OC)cc2)C1c1ccc(OCCCCl)cc1. The third-order valence-electron chi connectivity index (χ3n) is 6.08.